The zero-order valence-electron chi connectivity index (χ0n) is 10.6. The number of hydrogen-bond donors (Lipinski definition) is 0. The van der Waals surface area contributed by atoms with Crippen LogP contribution < -0.4 is 0 Å². The van der Waals surface area contributed by atoms with Crippen LogP contribution in [-0.4, -0.2) is 5.88 Å². The van der Waals surface area contributed by atoms with Gasteiger partial charge in [-0.2, -0.15) is 13.2 Å². The minimum atomic E-state index is -4.27. The maximum atomic E-state index is 12.4. The van der Waals surface area contributed by atoms with Crippen molar-refractivity contribution in [1.29, 1.82) is 0 Å². The molecule has 0 aliphatic rings. The van der Waals surface area contributed by atoms with Crippen molar-refractivity contribution in [2.75, 3.05) is 5.88 Å². The predicted octanol–water partition coefficient (Wildman–Crippen LogP) is 5.29. The molecule has 0 radical (unpaired) electrons. The molecule has 102 valence electrons. The highest BCUT2D eigenvalue weighted by Gasteiger charge is 2.30. The van der Waals surface area contributed by atoms with Gasteiger partial charge in [0.1, 0.15) is 0 Å². The van der Waals surface area contributed by atoms with Gasteiger partial charge in [0.05, 0.1) is 5.56 Å². The van der Waals surface area contributed by atoms with Gasteiger partial charge in [-0.15, -0.1) is 11.6 Å². The van der Waals surface area contributed by atoms with Gasteiger partial charge in [0, 0.05) is 5.88 Å². The molecule has 0 aromatic heterocycles. The molecule has 0 amide bonds. The fourth-order valence-corrected chi connectivity index (χ4v) is 2.34. The van der Waals surface area contributed by atoms with Crippen molar-refractivity contribution in [3.8, 4) is 0 Å². The first-order valence-electron chi connectivity index (χ1n) is 6.03. The molecular formula is C14H18ClF3. The van der Waals surface area contributed by atoms with E-state index < -0.39 is 11.7 Å². The molecule has 1 unspecified atom stereocenters. The topological polar surface area (TPSA) is 0 Å². The fraction of sp³-hybridized carbons (Fsp3) is 0.571. The van der Waals surface area contributed by atoms with E-state index in [0.29, 0.717) is 12.3 Å². The van der Waals surface area contributed by atoms with Gasteiger partial charge in [-0.05, 0) is 36.0 Å². The molecule has 1 aromatic carbocycles. The van der Waals surface area contributed by atoms with Crippen LogP contribution in [0.1, 0.15) is 37.8 Å². The quantitative estimate of drug-likeness (QED) is 0.642. The molecule has 0 saturated carbocycles. The van der Waals surface area contributed by atoms with Crippen molar-refractivity contribution >= 4 is 11.6 Å². The molecule has 0 heterocycles. The van der Waals surface area contributed by atoms with Crippen molar-refractivity contribution in [3.63, 3.8) is 0 Å². The number of benzene rings is 1. The molecule has 0 N–H and O–H groups in total. The summed E-state index contributed by atoms with van der Waals surface area (Å²) in [6, 6.07) is 5.36. The summed E-state index contributed by atoms with van der Waals surface area (Å²) in [5.74, 6) is 0.516. The number of alkyl halides is 4. The van der Waals surface area contributed by atoms with E-state index in [2.05, 4.69) is 13.8 Å². The SMILES string of the molecule is CCCC(C)(CCl)Cc1ccc(C(F)(F)F)cc1. The molecule has 4 heteroatoms. The average Bonchev–Trinajstić information content (AvgIpc) is 2.29. The molecule has 0 spiro atoms. The fourth-order valence-electron chi connectivity index (χ4n) is 2.11. The zero-order chi connectivity index (χ0) is 13.8. The standard InChI is InChI=1S/C14H18ClF3/c1-3-8-13(2,10-15)9-11-4-6-12(7-5-11)14(16,17)18/h4-7H,3,8-10H2,1-2H3. The normalized spacial score (nSPS) is 15.4. The van der Waals surface area contributed by atoms with Crippen molar-refractivity contribution in [2.24, 2.45) is 5.41 Å². The first-order valence-corrected chi connectivity index (χ1v) is 6.56. The van der Waals surface area contributed by atoms with E-state index in [9.17, 15) is 13.2 Å². The van der Waals surface area contributed by atoms with Crippen LogP contribution in [0.2, 0.25) is 0 Å². The van der Waals surface area contributed by atoms with Crippen LogP contribution in [0.3, 0.4) is 0 Å². The Hall–Kier alpha value is -0.700. The first-order chi connectivity index (χ1) is 8.30. The molecule has 0 nitrogen and oxygen atoms in total. The van der Waals surface area contributed by atoms with Gasteiger partial charge in [0.15, 0.2) is 0 Å². The largest absolute Gasteiger partial charge is 0.416 e. The summed E-state index contributed by atoms with van der Waals surface area (Å²) in [6.07, 6.45) is -1.57. The van der Waals surface area contributed by atoms with Crippen LogP contribution >= 0.6 is 11.6 Å². The molecule has 0 fully saturated rings. The van der Waals surface area contributed by atoms with Crippen LogP contribution in [0.25, 0.3) is 0 Å². The van der Waals surface area contributed by atoms with Gasteiger partial charge in [0.2, 0.25) is 0 Å². The van der Waals surface area contributed by atoms with E-state index in [-0.39, 0.29) is 5.41 Å². The van der Waals surface area contributed by atoms with Gasteiger partial charge in [-0.3, -0.25) is 0 Å². The number of halogens is 4. The van der Waals surface area contributed by atoms with Gasteiger partial charge < -0.3 is 0 Å². The minimum Gasteiger partial charge on any atom is -0.166 e. The minimum absolute atomic E-state index is 0.0456. The Morgan fingerprint density at radius 2 is 1.67 bits per heavy atom. The summed E-state index contributed by atoms with van der Waals surface area (Å²) in [4.78, 5) is 0. The van der Waals surface area contributed by atoms with Crippen molar-refractivity contribution < 1.29 is 13.2 Å². The smallest absolute Gasteiger partial charge is 0.166 e. The Labute approximate surface area is 111 Å². The van der Waals surface area contributed by atoms with Crippen molar-refractivity contribution in [1.82, 2.24) is 0 Å². The maximum absolute atomic E-state index is 12.4. The Morgan fingerprint density at radius 3 is 2.06 bits per heavy atom. The maximum Gasteiger partial charge on any atom is 0.416 e. The Balaban J connectivity index is 2.80. The molecule has 1 atom stereocenters. The van der Waals surface area contributed by atoms with Crippen LogP contribution in [0, 0.1) is 5.41 Å². The number of hydrogen-bond acceptors (Lipinski definition) is 0. The summed E-state index contributed by atoms with van der Waals surface area (Å²) in [7, 11) is 0. The van der Waals surface area contributed by atoms with Gasteiger partial charge in [-0.1, -0.05) is 32.4 Å². The molecule has 1 aromatic rings. The van der Waals surface area contributed by atoms with Gasteiger partial charge >= 0.3 is 6.18 Å². The lowest BCUT2D eigenvalue weighted by Gasteiger charge is -2.26. The summed E-state index contributed by atoms with van der Waals surface area (Å²) in [6.45, 7) is 4.15. The van der Waals surface area contributed by atoms with E-state index in [1.54, 1.807) is 12.1 Å². The van der Waals surface area contributed by atoms with Crippen LogP contribution in [0.5, 0.6) is 0 Å². The summed E-state index contributed by atoms with van der Waals surface area (Å²) >= 11 is 5.96. The van der Waals surface area contributed by atoms with Gasteiger partial charge in [-0.25, -0.2) is 0 Å². The summed E-state index contributed by atoms with van der Waals surface area (Å²) < 4.78 is 37.3. The highest BCUT2D eigenvalue weighted by molar-refractivity contribution is 6.18. The second-order valence-corrected chi connectivity index (χ2v) is 5.33. The Kier molecular flexibility index (Phi) is 5.09. The van der Waals surface area contributed by atoms with Crippen molar-refractivity contribution in [3.05, 3.63) is 35.4 Å². The van der Waals surface area contributed by atoms with Crippen LogP contribution in [0.4, 0.5) is 13.2 Å². The summed E-state index contributed by atoms with van der Waals surface area (Å²) in [5.41, 5.74) is 0.254. The van der Waals surface area contributed by atoms with E-state index in [0.717, 1.165) is 30.5 Å². The first kappa shape index (κ1) is 15.4. The van der Waals surface area contributed by atoms with Crippen molar-refractivity contribution in [2.45, 2.75) is 39.3 Å². The highest BCUT2D eigenvalue weighted by atomic mass is 35.5. The lowest BCUT2D eigenvalue weighted by atomic mass is 9.81. The lowest BCUT2D eigenvalue weighted by molar-refractivity contribution is -0.137. The van der Waals surface area contributed by atoms with Crippen LogP contribution in [-0.2, 0) is 12.6 Å². The third kappa shape index (κ3) is 4.20. The molecular weight excluding hydrogens is 261 g/mol. The molecule has 1 rings (SSSR count). The lowest BCUT2D eigenvalue weighted by Crippen LogP contribution is -2.21. The summed E-state index contributed by atoms with van der Waals surface area (Å²) in [5, 5.41) is 0. The second-order valence-electron chi connectivity index (χ2n) is 5.07. The zero-order valence-corrected chi connectivity index (χ0v) is 11.4. The monoisotopic (exact) mass is 278 g/mol. The average molecular weight is 279 g/mol. The second kappa shape index (κ2) is 5.96. The Bertz CT molecular complexity index is 370. The van der Waals surface area contributed by atoms with Crippen LogP contribution in [0.15, 0.2) is 24.3 Å². The van der Waals surface area contributed by atoms with Gasteiger partial charge in [0.25, 0.3) is 0 Å². The molecule has 0 saturated heterocycles. The third-order valence-electron chi connectivity index (χ3n) is 3.09. The highest BCUT2D eigenvalue weighted by Crippen LogP contribution is 2.32. The van der Waals surface area contributed by atoms with E-state index in [1.807, 2.05) is 0 Å². The third-order valence-corrected chi connectivity index (χ3v) is 3.73. The Morgan fingerprint density at radius 1 is 1.11 bits per heavy atom. The van der Waals surface area contributed by atoms with E-state index in [4.69, 9.17) is 11.6 Å². The van der Waals surface area contributed by atoms with E-state index in [1.165, 1.54) is 0 Å². The predicted molar refractivity (Wildman–Crippen MR) is 68.9 cm³/mol. The molecule has 0 aliphatic heterocycles. The number of rotatable bonds is 5. The van der Waals surface area contributed by atoms with E-state index >= 15 is 0 Å². The molecule has 18 heavy (non-hydrogen) atoms. The molecule has 0 bridgehead atoms. The molecule has 0 aliphatic carbocycles.